The lowest BCUT2D eigenvalue weighted by atomic mass is 10.1. The molecule has 0 heterocycles. The van der Waals surface area contributed by atoms with Crippen LogP contribution in [0, 0.1) is 0 Å². The van der Waals surface area contributed by atoms with Gasteiger partial charge in [0.05, 0.1) is 85.9 Å². The third-order valence-electron chi connectivity index (χ3n) is 4.90. The van der Waals surface area contributed by atoms with E-state index in [-0.39, 0.29) is 12.5 Å². The molecular formula is C26H51NO11. The Morgan fingerprint density at radius 1 is 0.500 bits per heavy atom. The Bertz CT molecular complexity index is 512. The van der Waals surface area contributed by atoms with Crippen molar-refractivity contribution in [2.75, 3.05) is 112 Å². The molecule has 0 aromatic heterocycles. The van der Waals surface area contributed by atoms with Crippen LogP contribution in [-0.2, 0) is 47.5 Å². The highest BCUT2D eigenvalue weighted by molar-refractivity contribution is 5.77. The number of carboxylic acid groups (broad SMARTS) is 1. The third kappa shape index (κ3) is 32.6. The van der Waals surface area contributed by atoms with E-state index in [0.29, 0.717) is 92.4 Å². The second-order valence-electron chi connectivity index (χ2n) is 8.29. The zero-order valence-corrected chi connectivity index (χ0v) is 23.3. The molecule has 0 radical (unpaired) electrons. The number of rotatable bonds is 32. The molecule has 0 spiro atoms. The second-order valence-corrected chi connectivity index (χ2v) is 8.29. The molecule has 0 aromatic carbocycles. The smallest absolute Gasteiger partial charge is 0.329 e. The van der Waals surface area contributed by atoms with Crippen molar-refractivity contribution in [2.24, 2.45) is 0 Å². The van der Waals surface area contributed by atoms with Crippen LogP contribution in [0.15, 0.2) is 0 Å². The molecule has 0 unspecified atom stereocenters. The number of ether oxygens (including phenoxy) is 8. The van der Waals surface area contributed by atoms with E-state index in [2.05, 4.69) is 17.0 Å². The van der Waals surface area contributed by atoms with Crippen LogP contribution in [0.25, 0.3) is 0 Å². The predicted octanol–water partition coefficient (Wildman–Crippen LogP) is 1.68. The molecule has 12 nitrogen and oxygen atoms in total. The number of nitrogens with one attached hydrogen (secondary N) is 1. The summed E-state index contributed by atoms with van der Waals surface area (Å²) in [5.74, 6) is -1.51. The minimum atomic E-state index is -1.12. The summed E-state index contributed by atoms with van der Waals surface area (Å²) in [6.45, 7) is 8.94. The molecule has 1 amide bonds. The zero-order chi connectivity index (χ0) is 27.8. The van der Waals surface area contributed by atoms with Gasteiger partial charge in [0, 0.05) is 13.2 Å². The largest absolute Gasteiger partial charge is 0.480 e. The fraction of sp³-hybridized carbons (Fsp3) is 0.923. The molecule has 12 heteroatoms. The van der Waals surface area contributed by atoms with Crippen LogP contribution in [0.4, 0.5) is 0 Å². The number of amides is 1. The van der Waals surface area contributed by atoms with Gasteiger partial charge >= 0.3 is 5.97 Å². The molecule has 0 saturated heterocycles. The summed E-state index contributed by atoms with van der Waals surface area (Å²) < 4.78 is 42.7. The fourth-order valence-corrected chi connectivity index (χ4v) is 2.95. The average Bonchev–Trinajstić information content (AvgIpc) is 2.90. The van der Waals surface area contributed by atoms with Crippen molar-refractivity contribution in [3.8, 4) is 0 Å². The van der Waals surface area contributed by atoms with Crippen LogP contribution >= 0.6 is 0 Å². The molecule has 0 aliphatic heterocycles. The molecule has 0 aromatic rings. The minimum Gasteiger partial charge on any atom is -0.480 e. The molecule has 0 rings (SSSR count). The van der Waals surface area contributed by atoms with Gasteiger partial charge in [-0.05, 0) is 6.42 Å². The van der Waals surface area contributed by atoms with E-state index in [1.807, 2.05) is 0 Å². The first-order valence-electron chi connectivity index (χ1n) is 13.8. The van der Waals surface area contributed by atoms with Crippen molar-refractivity contribution >= 4 is 11.9 Å². The molecule has 0 atom stereocenters. The molecule has 0 saturated carbocycles. The van der Waals surface area contributed by atoms with E-state index in [4.69, 9.17) is 38.3 Å². The van der Waals surface area contributed by atoms with Gasteiger partial charge in [-0.2, -0.15) is 0 Å². The van der Waals surface area contributed by atoms with E-state index >= 15 is 0 Å². The van der Waals surface area contributed by atoms with Gasteiger partial charge in [0.2, 0.25) is 5.91 Å². The fourth-order valence-electron chi connectivity index (χ4n) is 2.95. The maximum atomic E-state index is 11.3. The predicted molar refractivity (Wildman–Crippen MR) is 141 cm³/mol. The van der Waals surface area contributed by atoms with Crippen LogP contribution in [0.2, 0.25) is 0 Å². The molecule has 0 fully saturated rings. The molecular weight excluding hydrogens is 502 g/mol. The number of hydrogen-bond donors (Lipinski definition) is 2. The molecule has 0 aliphatic rings. The Morgan fingerprint density at radius 3 is 1.34 bits per heavy atom. The van der Waals surface area contributed by atoms with E-state index < -0.39 is 12.6 Å². The number of carboxylic acids is 1. The lowest BCUT2D eigenvalue weighted by molar-refractivity contribution is -0.143. The highest BCUT2D eigenvalue weighted by atomic mass is 16.6. The van der Waals surface area contributed by atoms with Crippen molar-refractivity contribution in [1.29, 1.82) is 0 Å². The van der Waals surface area contributed by atoms with Crippen molar-refractivity contribution < 1.29 is 52.6 Å². The van der Waals surface area contributed by atoms with Gasteiger partial charge in [-0.15, -0.1) is 0 Å². The normalized spacial score (nSPS) is 11.2. The molecule has 0 bridgehead atoms. The van der Waals surface area contributed by atoms with Crippen molar-refractivity contribution in [2.45, 2.75) is 45.4 Å². The maximum absolute atomic E-state index is 11.3. The van der Waals surface area contributed by atoms with Crippen molar-refractivity contribution in [1.82, 2.24) is 5.32 Å². The average molecular weight is 554 g/mol. The number of hydrogen-bond acceptors (Lipinski definition) is 10. The first kappa shape index (κ1) is 36.6. The number of unbranched alkanes of at least 4 members (excludes halogenated alkanes) is 5. The maximum Gasteiger partial charge on any atom is 0.329 e. The first-order chi connectivity index (χ1) is 18.7. The van der Waals surface area contributed by atoms with Crippen LogP contribution in [0.5, 0.6) is 0 Å². The van der Waals surface area contributed by atoms with Crippen LogP contribution in [-0.4, -0.2) is 129 Å². The monoisotopic (exact) mass is 553 g/mol. The van der Waals surface area contributed by atoms with Gasteiger partial charge in [0.1, 0.15) is 13.2 Å². The van der Waals surface area contributed by atoms with Crippen molar-refractivity contribution in [3.63, 3.8) is 0 Å². The van der Waals surface area contributed by atoms with Gasteiger partial charge in [-0.3, -0.25) is 4.79 Å². The topological polar surface area (TPSA) is 140 Å². The number of carbonyl (C=O) groups excluding carboxylic acids is 1. The van der Waals surface area contributed by atoms with Crippen LogP contribution < -0.4 is 5.32 Å². The van der Waals surface area contributed by atoms with Gasteiger partial charge < -0.3 is 48.3 Å². The third-order valence-corrected chi connectivity index (χ3v) is 4.90. The Balaban J connectivity index is 3.08. The van der Waals surface area contributed by atoms with E-state index in [0.717, 1.165) is 13.0 Å². The first-order valence-corrected chi connectivity index (χ1v) is 13.8. The SMILES string of the molecule is CCCCCCCCOCCOCCOCCOCCOCCOCCOCCNC(=O)COCC(=O)O. The quantitative estimate of drug-likeness (QED) is 0.118. The summed E-state index contributed by atoms with van der Waals surface area (Å²) in [4.78, 5) is 21.6. The summed E-state index contributed by atoms with van der Waals surface area (Å²) >= 11 is 0. The van der Waals surface area contributed by atoms with Gasteiger partial charge in [0.15, 0.2) is 0 Å². The molecule has 0 aliphatic carbocycles. The number of aliphatic carboxylic acids is 1. The summed E-state index contributed by atoms with van der Waals surface area (Å²) in [5.41, 5.74) is 0. The van der Waals surface area contributed by atoms with Gasteiger partial charge in [0.25, 0.3) is 0 Å². The van der Waals surface area contributed by atoms with Crippen LogP contribution in [0.1, 0.15) is 45.4 Å². The van der Waals surface area contributed by atoms with E-state index in [1.165, 1.54) is 32.1 Å². The highest BCUT2D eigenvalue weighted by Crippen LogP contribution is 2.04. The van der Waals surface area contributed by atoms with Gasteiger partial charge in [-0.1, -0.05) is 39.0 Å². The standard InChI is InChI=1S/C26H51NO11/c1-2-3-4-5-6-7-9-31-11-13-33-15-17-35-19-21-37-22-20-36-18-16-34-14-12-32-10-8-27-25(28)23-38-24-26(29)30/h2-24H2,1H3,(H,27,28)(H,29,30). The van der Waals surface area contributed by atoms with Crippen LogP contribution in [0.3, 0.4) is 0 Å². The minimum absolute atomic E-state index is 0.292. The summed E-state index contributed by atoms with van der Waals surface area (Å²) in [6.07, 6.45) is 7.63. The zero-order valence-electron chi connectivity index (χ0n) is 23.3. The lowest BCUT2D eigenvalue weighted by Crippen LogP contribution is -2.31. The Morgan fingerprint density at radius 2 is 0.895 bits per heavy atom. The summed E-state index contributed by atoms with van der Waals surface area (Å²) in [6, 6.07) is 0. The Labute approximate surface area is 227 Å². The molecule has 2 N–H and O–H groups in total. The summed E-state index contributed by atoms with van der Waals surface area (Å²) in [5, 5.41) is 11.0. The second kappa shape index (κ2) is 31.8. The van der Waals surface area contributed by atoms with Crippen molar-refractivity contribution in [3.05, 3.63) is 0 Å². The van der Waals surface area contributed by atoms with E-state index in [9.17, 15) is 9.59 Å². The molecule has 38 heavy (non-hydrogen) atoms. The summed E-state index contributed by atoms with van der Waals surface area (Å²) in [7, 11) is 0. The number of carbonyl (C=O) groups is 2. The Kier molecular flexibility index (Phi) is 30.7. The highest BCUT2D eigenvalue weighted by Gasteiger charge is 2.03. The van der Waals surface area contributed by atoms with Gasteiger partial charge in [-0.25, -0.2) is 4.79 Å². The lowest BCUT2D eigenvalue weighted by Gasteiger charge is -2.09. The molecule has 226 valence electrons. The van der Waals surface area contributed by atoms with E-state index in [1.54, 1.807) is 0 Å². The Hall–Kier alpha value is -1.38.